The number of unbranched alkanes of at least 4 members (excludes halogenated alkanes) is 7. The second-order valence-corrected chi connectivity index (χ2v) is 9.74. The molecule has 0 N–H and O–H groups in total. The smallest absolute Gasteiger partial charge is 0.343 e. The lowest BCUT2D eigenvalue weighted by atomic mass is 10.1. The number of carbonyl (C=O) groups excluding carboxylic acids is 1. The van der Waals surface area contributed by atoms with E-state index in [9.17, 15) is 4.79 Å². The molecule has 0 heterocycles. The Balaban J connectivity index is 1.37. The Morgan fingerprint density at radius 3 is 1.65 bits per heavy atom. The van der Waals surface area contributed by atoms with Gasteiger partial charge in [-0.3, -0.25) is 0 Å². The predicted octanol–water partition coefficient (Wildman–Crippen LogP) is 8.13. The molecular weight excluding hydrogens is 504 g/mol. The Labute approximate surface area is 239 Å². The van der Waals surface area contributed by atoms with Gasteiger partial charge in [0.25, 0.3) is 0 Å². The van der Waals surface area contributed by atoms with E-state index >= 15 is 0 Å². The molecule has 0 atom stereocenters. The minimum absolute atomic E-state index is 0.416. The van der Waals surface area contributed by atoms with Crippen molar-refractivity contribution >= 4 is 5.97 Å². The monoisotopic (exact) mass is 548 g/mol. The van der Waals surface area contributed by atoms with Crippen LogP contribution in [0.4, 0.5) is 0 Å². The van der Waals surface area contributed by atoms with Gasteiger partial charge in [0.1, 0.15) is 23.9 Å². The Morgan fingerprint density at radius 1 is 0.550 bits per heavy atom. The zero-order valence-electron chi connectivity index (χ0n) is 24.1. The average Bonchev–Trinajstić information content (AvgIpc) is 2.99. The van der Waals surface area contributed by atoms with Crippen LogP contribution in [0.3, 0.4) is 0 Å². The summed E-state index contributed by atoms with van der Waals surface area (Å²) < 4.78 is 27.4. The van der Waals surface area contributed by atoms with Gasteiger partial charge >= 0.3 is 5.97 Å². The Kier molecular flexibility index (Phi) is 14.7. The first-order valence-electron chi connectivity index (χ1n) is 14.5. The van der Waals surface area contributed by atoms with E-state index in [-0.39, 0.29) is 0 Å². The lowest BCUT2D eigenvalue weighted by Gasteiger charge is -2.09. The van der Waals surface area contributed by atoms with E-state index in [0.717, 1.165) is 29.9 Å². The Hall–Kier alpha value is -3.35. The second-order valence-electron chi connectivity index (χ2n) is 9.74. The maximum absolute atomic E-state index is 12.6. The zero-order chi connectivity index (χ0) is 28.3. The van der Waals surface area contributed by atoms with Crippen LogP contribution < -0.4 is 14.2 Å². The van der Waals surface area contributed by atoms with Gasteiger partial charge in [0.05, 0.1) is 32.0 Å². The number of methoxy groups -OCH3 is 1. The van der Waals surface area contributed by atoms with E-state index in [1.54, 1.807) is 43.5 Å². The van der Waals surface area contributed by atoms with Crippen molar-refractivity contribution in [3.05, 3.63) is 78.4 Å². The highest BCUT2D eigenvalue weighted by Gasteiger charge is 2.09. The molecule has 40 heavy (non-hydrogen) atoms. The quantitative estimate of drug-likeness (QED) is 0.0807. The van der Waals surface area contributed by atoms with Gasteiger partial charge in [-0.2, -0.15) is 0 Å². The molecule has 0 spiro atoms. The van der Waals surface area contributed by atoms with Crippen LogP contribution in [0.25, 0.3) is 11.1 Å². The summed E-state index contributed by atoms with van der Waals surface area (Å²) in [4.78, 5) is 12.6. The fraction of sp³-hybridized carbons (Fsp3) is 0.441. The van der Waals surface area contributed by atoms with Crippen LogP contribution in [0.5, 0.6) is 17.2 Å². The van der Waals surface area contributed by atoms with Crippen molar-refractivity contribution in [2.75, 3.05) is 40.1 Å². The molecule has 0 aliphatic carbocycles. The normalized spacial score (nSPS) is 10.8. The molecule has 0 saturated carbocycles. The highest BCUT2D eigenvalue weighted by Crippen LogP contribution is 2.25. The first kappa shape index (κ1) is 31.2. The summed E-state index contributed by atoms with van der Waals surface area (Å²) in [7, 11) is 1.63. The summed E-state index contributed by atoms with van der Waals surface area (Å²) in [5, 5.41) is 0. The lowest BCUT2D eigenvalue weighted by molar-refractivity contribution is 0.0544. The van der Waals surface area contributed by atoms with E-state index in [4.69, 9.17) is 23.7 Å². The van der Waals surface area contributed by atoms with Crippen molar-refractivity contribution in [1.29, 1.82) is 0 Å². The molecule has 0 aliphatic heterocycles. The summed E-state index contributed by atoms with van der Waals surface area (Å²) in [5.74, 6) is 1.64. The zero-order valence-corrected chi connectivity index (χ0v) is 24.1. The molecule has 0 bridgehead atoms. The summed E-state index contributed by atoms with van der Waals surface area (Å²) in [6.45, 7) is 5.00. The molecule has 0 saturated heterocycles. The highest BCUT2D eigenvalue weighted by molar-refractivity contribution is 5.91. The van der Waals surface area contributed by atoms with E-state index in [1.165, 1.54) is 44.9 Å². The van der Waals surface area contributed by atoms with Crippen LogP contribution in [0, 0.1) is 0 Å². The summed E-state index contributed by atoms with van der Waals surface area (Å²) in [6.07, 6.45) is 10.3. The van der Waals surface area contributed by atoms with E-state index in [0.29, 0.717) is 43.5 Å². The molecule has 3 aromatic carbocycles. The Bertz CT molecular complexity index is 1080. The Morgan fingerprint density at radius 2 is 1.05 bits per heavy atom. The average molecular weight is 549 g/mol. The van der Waals surface area contributed by atoms with Gasteiger partial charge in [0.15, 0.2) is 0 Å². The molecule has 3 aromatic rings. The van der Waals surface area contributed by atoms with Crippen LogP contribution in [0.2, 0.25) is 0 Å². The van der Waals surface area contributed by atoms with Gasteiger partial charge in [0.2, 0.25) is 0 Å². The first-order valence-corrected chi connectivity index (χ1v) is 14.5. The molecule has 6 nitrogen and oxygen atoms in total. The SMILES string of the molecule is CCCCCCCCCCOc1ccc(-c2ccc(OC(=O)c3ccc(OCCOCCOC)cc3)cc2)cc1. The largest absolute Gasteiger partial charge is 0.494 e. The van der Waals surface area contributed by atoms with Crippen molar-refractivity contribution in [3.63, 3.8) is 0 Å². The number of benzene rings is 3. The maximum atomic E-state index is 12.6. The minimum Gasteiger partial charge on any atom is -0.494 e. The van der Waals surface area contributed by atoms with Crippen molar-refractivity contribution in [3.8, 4) is 28.4 Å². The number of hydrogen-bond acceptors (Lipinski definition) is 6. The summed E-state index contributed by atoms with van der Waals surface area (Å²) >= 11 is 0. The van der Waals surface area contributed by atoms with E-state index in [2.05, 4.69) is 19.1 Å². The van der Waals surface area contributed by atoms with Gasteiger partial charge in [-0.05, 0) is 66.1 Å². The molecule has 0 radical (unpaired) electrons. The van der Waals surface area contributed by atoms with Crippen molar-refractivity contribution in [2.45, 2.75) is 58.3 Å². The maximum Gasteiger partial charge on any atom is 0.343 e. The van der Waals surface area contributed by atoms with Gasteiger partial charge in [0, 0.05) is 7.11 Å². The number of rotatable bonds is 20. The van der Waals surface area contributed by atoms with Crippen LogP contribution in [-0.4, -0.2) is 46.1 Å². The molecular formula is C34H44O6. The molecule has 0 unspecified atom stereocenters. The van der Waals surface area contributed by atoms with Crippen molar-refractivity contribution in [1.82, 2.24) is 0 Å². The van der Waals surface area contributed by atoms with Gasteiger partial charge in [-0.1, -0.05) is 76.1 Å². The highest BCUT2D eigenvalue weighted by atomic mass is 16.5. The summed E-state index contributed by atoms with van der Waals surface area (Å²) in [6, 6.07) is 22.5. The van der Waals surface area contributed by atoms with Crippen LogP contribution in [-0.2, 0) is 9.47 Å². The van der Waals surface area contributed by atoms with E-state index in [1.807, 2.05) is 24.3 Å². The minimum atomic E-state index is -0.416. The van der Waals surface area contributed by atoms with Crippen LogP contribution >= 0.6 is 0 Å². The number of carbonyl (C=O) groups is 1. The number of hydrogen-bond donors (Lipinski definition) is 0. The standard InChI is InChI=1S/C34H44O6/c1-3-4-5-6-7-8-9-10-23-38-31-17-11-28(12-18-31)29-13-21-33(22-14-29)40-34(35)30-15-19-32(20-16-30)39-27-26-37-25-24-36-2/h11-22H,3-10,23-27H2,1-2H3. The van der Waals surface area contributed by atoms with Crippen molar-refractivity contribution in [2.24, 2.45) is 0 Å². The molecule has 0 fully saturated rings. The predicted molar refractivity (Wildman–Crippen MR) is 160 cm³/mol. The summed E-state index contributed by atoms with van der Waals surface area (Å²) in [5.41, 5.74) is 2.58. The third-order valence-electron chi connectivity index (χ3n) is 6.54. The van der Waals surface area contributed by atoms with Gasteiger partial charge < -0.3 is 23.7 Å². The molecule has 6 heteroatoms. The number of ether oxygens (including phenoxy) is 5. The molecule has 0 aliphatic rings. The number of esters is 1. The molecule has 0 amide bonds. The topological polar surface area (TPSA) is 63.2 Å². The fourth-order valence-corrected chi connectivity index (χ4v) is 4.20. The lowest BCUT2D eigenvalue weighted by Crippen LogP contribution is -2.10. The molecule has 216 valence electrons. The second kappa shape index (κ2) is 18.9. The molecule has 0 aromatic heterocycles. The van der Waals surface area contributed by atoms with Crippen LogP contribution in [0.15, 0.2) is 72.8 Å². The fourth-order valence-electron chi connectivity index (χ4n) is 4.20. The van der Waals surface area contributed by atoms with Crippen molar-refractivity contribution < 1.29 is 28.5 Å². The third-order valence-corrected chi connectivity index (χ3v) is 6.54. The van der Waals surface area contributed by atoms with E-state index < -0.39 is 5.97 Å². The van der Waals surface area contributed by atoms with Crippen LogP contribution in [0.1, 0.15) is 68.6 Å². The third kappa shape index (κ3) is 11.8. The first-order chi connectivity index (χ1) is 19.7. The van der Waals surface area contributed by atoms with Gasteiger partial charge in [-0.15, -0.1) is 0 Å². The molecule has 3 rings (SSSR count). The van der Waals surface area contributed by atoms with Gasteiger partial charge in [-0.25, -0.2) is 4.79 Å².